The number of hydrogen-bond acceptors (Lipinski definition) is 5. The zero-order valence-corrected chi connectivity index (χ0v) is 10.7. The van der Waals surface area contributed by atoms with Crippen LogP contribution >= 0.6 is 0 Å². The number of hydrogen-bond donors (Lipinski definition) is 4. The third-order valence-electron chi connectivity index (χ3n) is 3.35. The molecule has 7 heteroatoms. The number of aliphatic carboxylic acids is 2. The predicted molar refractivity (Wildman–Crippen MR) is 69.4 cm³/mol. The largest absolute Gasteiger partial charge is 0.480 e. The van der Waals surface area contributed by atoms with Crippen molar-refractivity contribution < 1.29 is 24.5 Å². The molecule has 5 N–H and O–H groups in total. The van der Waals surface area contributed by atoms with Crippen molar-refractivity contribution in [3.63, 3.8) is 0 Å². The van der Waals surface area contributed by atoms with Gasteiger partial charge in [0, 0.05) is 25.1 Å². The van der Waals surface area contributed by atoms with Crippen LogP contribution < -0.4 is 15.8 Å². The zero-order chi connectivity index (χ0) is 14.8. The van der Waals surface area contributed by atoms with Gasteiger partial charge in [0.25, 0.3) is 0 Å². The smallest absolute Gasteiger partial charge is 0.349 e. The highest BCUT2D eigenvalue weighted by Crippen LogP contribution is 2.29. The van der Waals surface area contributed by atoms with Crippen LogP contribution in [0.15, 0.2) is 24.3 Å². The van der Waals surface area contributed by atoms with E-state index in [2.05, 4.69) is 5.32 Å². The Bertz CT molecular complexity index is 533. The molecule has 0 aromatic heterocycles. The number of carboxylic acids is 2. The first-order valence-electron chi connectivity index (χ1n) is 6.15. The van der Waals surface area contributed by atoms with Crippen molar-refractivity contribution >= 4 is 11.9 Å². The van der Waals surface area contributed by atoms with Crippen LogP contribution in [0.1, 0.15) is 12.0 Å². The van der Waals surface area contributed by atoms with Gasteiger partial charge in [0.15, 0.2) is 0 Å². The normalized spacial score (nSPS) is 25.4. The van der Waals surface area contributed by atoms with E-state index in [0.717, 1.165) is 0 Å². The number of nitrogens with two attached hydrogens (primary N) is 1. The average molecular weight is 280 g/mol. The van der Waals surface area contributed by atoms with Crippen molar-refractivity contribution in [2.24, 2.45) is 5.73 Å². The van der Waals surface area contributed by atoms with Crippen molar-refractivity contribution in [2.75, 3.05) is 6.54 Å². The minimum atomic E-state index is -1.59. The van der Waals surface area contributed by atoms with E-state index < -0.39 is 23.6 Å². The van der Waals surface area contributed by atoms with E-state index in [-0.39, 0.29) is 19.5 Å². The molecule has 1 aromatic carbocycles. The number of ether oxygens (including phenoxy) is 1. The fourth-order valence-electron chi connectivity index (χ4n) is 2.20. The maximum absolute atomic E-state index is 11.5. The van der Waals surface area contributed by atoms with E-state index in [4.69, 9.17) is 15.6 Å². The van der Waals surface area contributed by atoms with Gasteiger partial charge in [0.05, 0.1) is 0 Å². The van der Waals surface area contributed by atoms with Gasteiger partial charge >= 0.3 is 11.9 Å². The van der Waals surface area contributed by atoms with E-state index in [0.29, 0.717) is 11.3 Å². The van der Waals surface area contributed by atoms with Gasteiger partial charge in [-0.15, -0.1) is 0 Å². The third kappa shape index (κ3) is 2.59. The van der Waals surface area contributed by atoms with Crippen LogP contribution in [0.2, 0.25) is 0 Å². The van der Waals surface area contributed by atoms with Crippen molar-refractivity contribution in [1.29, 1.82) is 0 Å². The lowest BCUT2D eigenvalue weighted by Crippen LogP contribution is -2.46. The summed E-state index contributed by atoms with van der Waals surface area (Å²) in [5.74, 6) is -1.92. The first kappa shape index (κ1) is 14.3. The van der Waals surface area contributed by atoms with Crippen LogP contribution in [0, 0.1) is 0 Å². The Morgan fingerprint density at radius 1 is 1.40 bits per heavy atom. The SMILES string of the molecule is NCc1ccccc1O[C@@]1(C(=O)O)CN[C@H](C(=O)O)C1. The summed E-state index contributed by atoms with van der Waals surface area (Å²) in [6.45, 7) is 0.139. The van der Waals surface area contributed by atoms with Gasteiger partial charge in [0.2, 0.25) is 5.60 Å². The Morgan fingerprint density at radius 2 is 2.10 bits per heavy atom. The van der Waals surface area contributed by atoms with Crippen LogP contribution in [-0.4, -0.2) is 40.3 Å². The molecule has 1 saturated heterocycles. The predicted octanol–water partition coefficient (Wildman–Crippen LogP) is -0.206. The minimum absolute atomic E-state index is 0.0712. The van der Waals surface area contributed by atoms with Crippen molar-refractivity contribution in [3.05, 3.63) is 29.8 Å². The molecule has 1 aliphatic heterocycles. The van der Waals surface area contributed by atoms with E-state index >= 15 is 0 Å². The molecular formula is C13H16N2O5. The van der Waals surface area contributed by atoms with Crippen molar-refractivity contribution in [3.8, 4) is 5.75 Å². The molecule has 0 saturated carbocycles. The van der Waals surface area contributed by atoms with E-state index in [9.17, 15) is 14.7 Å². The van der Waals surface area contributed by atoms with Gasteiger partial charge in [-0.2, -0.15) is 0 Å². The molecule has 108 valence electrons. The lowest BCUT2D eigenvalue weighted by Gasteiger charge is -2.26. The molecule has 0 unspecified atom stereocenters. The lowest BCUT2D eigenvalue weighted by molar-refractivity contribution is -0.154. The molecule has 0 aliphatic carbocycles. The van der Waals surface area contributed by atoms with E-state index in [1.165, 1.54) is 0 Å². The number of para-hydroxylation sites is 1. The summed E-state index contributed by atoms with van der Waals surface area (Å²) in [7, 11) is 0. The average Bonchev–Trinajstić information content (AvgIpc) is 2.85. The van der Waals surface area contributed by atoms with Crippen LogP contribution in [-0.2, 0) is 16.1 Å². The van der Waals surface area contributed by atoms with E-state index in [1.54, 1.807) is 24.3 Å². The second-order valence-electron chi connectivity index (χ2n) is 4.69. The maximum Gasteiger partial charge on any atom is 0.349 e. The Hall–Kier alpha value is -2.12. The Labute approximate surface area is 115 Å². The molecule has 2 atom stereocenters. The van der Waals surface area contributed by atoms with Gasteiger partial charge in [-0.3, -0.25) is 10.1 Å². The molecule has 0 spiro atoms. The van der Waals surface area contributed by atoms with Gasteiger partial charge in [0.1, 0.15) is 11.8 Å². The number of rotatable bonds is 5. The molecule has 1 aliphatic rings. The summed E-state index contributed by atoms with van der Waals surface area (Å²) < 4.78 is 5.62. The summed E-state index contributed by atoms with van der Waals surface area (Å²) in [5.41, 5.74) is 4.67. The topological polar surface area (TPSA) is 122 Å². The summed E-state index contributed by atoms with van der Waals surface area (Å²) in [6, 6.07) is 5.91. The van der Waals surface area contributed by atoms with Gasteiger partial charge in [-0.1, -0.05) is 18.2 Å². The summed E-state index contributed by atoms with van der Waals surface area (Å²) in [5, 5.41) is 21.0. The van der Waals surface area contributed by atoms with Crippen LogP contribution in [0.4, 0.5) is 0 Å². The minimum Gasteiger partial charge on any atom is -0.480 e. The lowest BCUT2D eigenvalue weighted by atomic mass is 9.99. The first-order chi connectivity index (χ1) is 9.48. The Kier molecular flexibility index (Phi) is 3.91. The highest BCUT2D eigenvalue weighted by atomic mass is 16.5. The van der Waals surface area contributed by atoms with Crippen LogP contribution in [0.25, 0.3) is 0 Å². The standard InChI is InChI=1S/C13H16N2O5/c14-6-8-3-1-2-4-10(8)20-13(12(18)19)5-9(11(16)17)15-7-13/h1-4,9,15H,5-7,14H2,(H,16,17)(H,18,19)/t9-,13+/m0/s1. The molecule has 7 nitrogen and oxygen atoms in total. The molecule has 0 bridgehead atoms. The van der Waals surface area contributed by atoms with E-state index in [1.807, 2.05) is 0 Å². The second kappa shape index (κ2) is 5.48. The molecule has 0 amide bonds. The summed E-state index contributed by atoms with van der Waals surface area (Å²) in [4.78, 5) is 22.5. The highest BCUT2D eigenvalue weighted by Gasteiger charge is 2.50. The second-order valence-corrected chi connectivity index (χ2v) is 4.69. The van der Waals surface area contributed by atoms with Crippen LogP contribution in [0.3, 0.4) is 0 Å². The number of benzene rings is 1. The monoisotopic (exact) mass is 280 g/mol. The van der Waals surface area contributed by atoms with Crippen molar-refractivity contribution in [1.82, 2.24) is 5.32 Å². The molecule has 20 heavy (non-hydrogen) atoms. The highest BCUT2D eigenvalue weighted by molar-refractivity contribution is 5.83. The third-order valence-corrected chi connectivity index (χ3v) is 3.35. The molecule has 1 fully saturated rings. The molecule has 2 rings (SSSR count). The Balaban J connectivity index is 2.27. The van der Waals surface area contributed by atoms with Gasteiger partial charge in [-0.05, 0) is 6.07 Å². The zero-order valence-electron chi connectivity index (χ0n) is 10.7. The van der Waals surface area contributed by atoms with Crippen LogP contribution in [0.5, 0.6) is 5.75 Å². The van der Waals surface area contributed by atoms with Gasteiger partial charge in [-0.25, -0.2) is 4.79 Å². The molecule has 0 radical (unpaired) electrons. The van der Waals surface area contributed by atoms with Crippen molar-refractivity contribution in [2.45, 2.75) is 24.6 Å². The number of carbonyl (C=O) groups is 2. The number of carboxylic acid groups (broad SMARTS) is 2. The first-order valence-corrected chi connectivity index (χ1v) is 6.15. The summed E-state index contributed by atoms with van der Waals surface area (Å²) in [6.07, 6.45) is -0.142. The quantitative estimate of drug-likeness (QED) is 0.589. The fourth-order valence-corrected chi connectivity index (χ4v) is 2.20. The summed E-state index contributed by atoms with van der Waals surface area (Å²) >= 11 is 0. The molecule has 1 heterocycles. The maximum atomic E-state index is 11.5. The Morgan fingerprint density at radius 3 is 2.65 bits per heavy atom. The number of nitrogens with one attached hydrogen (secondary N) is 1. The molecule has 1 aromatic rings. The molecular weight excluding hydrogens is 264 g/mol. The fraction of sp³-hybridized carbons (Fsp3) is 0.385. The van der Waals surface area contributed by atoms with Gasteiger partial charge < -0.3 is 20.7 Å².